The number of phenolic OH excluding ortho intramolecular Hbond substituents is 1. The van der Waals surface area contributed by atoms with Crippen molar-refractivity contribution in [2.45, 2.75) is 19.1 Å². The van der Waals surface area contributed by atoms with Crippen LogP contribution in [0.2, 0.25) is 5.02 Å². The molecule has 21 heavy (non-hydrogen) atoms. The fourth-order valence-corrected chi connectivity index (χ4v) is 2.71. The van der Waals surface area contributed by atoms with Crippen LogP contribution in [-0.4, -0.2) is 40.3 Å². The Kier molecular flexibility index (Phi) is 4.08. The number of aliphatic carboxylic acids is 1. The smallest absolute Gasteiger partial charge is 0.406 e. The Morgan fingerprint density at radius 3 is 2.57 bits per heavy atom. The van der Waals surface area contributed by atoms with Crippen LogP contribution in [-0.2, 0) is 11.3 Å². The van der Waals surface area contributed by atoms with Gasteiger partial charge in [0.25, 0.3) is 0 Å². The van der Waals surface area contributed by atoms with Crippen LogP contribution in [0, 0.1) is 5.41 Å². The Hall–Kier alpha value is -1.47. The van der Waals surface area contributed by atoms with Gasteiger partial charge in [0.05, 0.1) is 0 Å². The van der Waals surface area contributed by atoms with Gasteiger partial charge < -0.3 is 10.2 Å². The zero-order valence-electron chi connectivity index (χ0n) is 10.8. The van der Waals surface area contributed by atoms with E-state index < -0.39 is 30.5 Å². The molecule has 0 bridgehead atoms. The summed E-state index contributed by atoms with van der Waals surface area (Å²) in [5, 5.41) is 18.9. The normalized spacial score (nSPS) is 23.4. The van der Waals surface area contributed by atoms with Gasteiger partial charge in [-0.05, 0) is 18.6 Å². The van der Waals surface area contributed by atoms with E-state index in [0.717, 1.165) is 0 Å². The van der Waals surface area contributed by atoms with E-state index in [-0.39, 0.29) is 23.9 Å². The lowest BCUT2D eigenvalue weighted by atomic mass is 9.86. The minimum absolute atomic E-state index is 0.0311. The molecular weight excluding hydrogens is 311 g/mol. The van der Waals surface area contributed by atoms with Crippen molar-refractivity contribution in [2.75, 3.05) is 13.1 Å². The lowest BCUT2D eigenvalue weighted by molar-refractivity contribution is -0.227. The summed E-state index contributed by atoms with van der Waals surface area (Å²) in [6.07, 6.45) is -5.34. The highest BCUT2D eigenvalue weighted by Gasteiger charge is 2.63. The second kappa shape index (κ2) is 5.38. The molecule has 0 amide bonds. The van der Waals surface area contributed by atoms with Crippen molar-refractivity contribution in [3.8, 4) is 5.75 Å². The summed E-state index contributed by atoms with van der Waals surface area (Å²) in [6, 6.07) is 4.41. The number of carboxylic acids is 1. The summed E-state index contributed by atoms with van der Waals surface area (Å²) in [5.41, 5.74) is -2.47. The number of nitrogens with zero attached hydrogens (tertiary/aromatic N) is 1. The standard InChI is InChI=1S/C13H13ClF3NO3/c14-9-2-1-3-10(19)8(9)6-18-5-4-12(7-18,11(20)21)13(15,16)17/h1-3,19H,4-7H2,(H,20,21). The summed E-state index contributed by atoms with van der Waals surface area (Å²) in [4.78, 5) is 12.4. The summed E-state index contributed by atoms with van der Waals surface area (Å²) in [7, 11) is 0. The summed E-state index contributed by atoms with van der Waals surface area (Å²) >= 11 is 5.91. The zero-order valence-corrected chi connectivity index (χ0v) is 11.6. The molecule has 0 aromatic heterocycles. The van der Waals surface area contributed by atoms with Crippen LogP contribution in [0.5, 0.6) is 5.75 Å². The van der Waals surface area contributed by atoms with Gasteiger partial charge in [-0.1, -0.05) is 17.7 Å². The van der Waals surface area contributed by atoms with E-state index in [9.17, 15) is 23.1 Å². The largest absolute Gasteiger partial charge is 0.508 e. The number of carboxylic acid groups (broad SMARTS) is 1. The monoisotopic (exact) mass is 323 g/mol. The first-order chi connectivity index (χ1) is 9.67. The molecule has 1 aliphatic heterocycles. The molecule has 1 atom stereocenters. The van der Waals surface area contributed by atoms with E-state index >= 15 is 0 Å². The summed E-state index contributed by atoms with van der Waals surface area (Å²) in [5.74, 6) is -2.00. The van der Waals surface area contributed by atoms with Crippen molar-refractivity contribution in [1.82, 2.24) is 4.90 Å². The van der Waals surface area contributed by atoms with Crippen molar-refractivity contribution >= 4 is 17.6 Å². The third kappa shape index (κ3) is 2.80. The molecule has 1 unspecified atom stereocenters. The van der Waals surface area contributed by atoms with Crippen LogP contribution in [0.1, 0.15) is 12.0 Å². The van der Waals surface area contributed by atoms with E-state index in [4.69, 9.17) is 16.7 Å². The quantitative estimate of drug-likeness (QED) is 0.898. The molecule has 1 aromatic rings. The maximum atomic E-state index is 13.1. The number of alkyl halides is 3. The van der Waals surface area contributed by atoms with Gasteiger partial charge in [-0.3, -0.25) is 9.69 Å². The molecule has 4 nitrogen and oxygen atoms in total. The molecule has 0 radical (unpaired) electrons. The van der Waals surface area contributed by atoms with Crippen molar-refractivity contribution in [1.29, 1.82) is 0 Å². The van der Waals surface area contributed by atoms with E-state index in [1.807, 2.05) is 0 Å². The predicted octanol–water partition coefficient (Wildman–Crippen LogP) is 2.88. The topological polar surface area (TPSA) is 60.8 Å². The number of aromatic hydroxyl groups is 1. The molecule has 0 saturated carbocycles. The average Bonchev–Trinajstić information content (AvgIpc) is 2.79. The van der Waals surface area contributed by atoms with E-state index in [2.05, 4.69) is 0 Å². The van der Waals surface area contributed by atoms with Gasteiger partial charge >= 0.3 is 12.1 Å². The van der Waals surface area contributed by atoms with E-state index in [1.54, 1.807) is 0 Å². The van der Waals surface area contributed by atoms with Gasteiger partial charge in [0, 0.05) is 30.2 Å². The number of phenols is 1. The number of likely N-dealkylation sites (tertiary alicyclic amines) is 1. The number of hydrogen-bond acceptors (Lipinski definition) is 3. The molecule has 2 N–H and O–H groups in total. The van der Waals surface area contributed by atoms with Gasteiger partial charge in [-0.25, -0.2) is 0 Å². The predicted molar refractivity (Wildman–Crippen MR) is 69.1 cm³/mol. The van der Waals surface area contributed by atoms with Crippen LogP contribution < -0.4 is 0 Å². The van der Waals surface area contributed by atoms with E-state index in [0.29, 0.717) is 5.56 Å². The fourth-order valence-electron chi connectivity index (χ4n) is 2.48. The second-order valence-corrected chi connectivity index (χ2v) is 5.49. The molecule has 1 aliphatic rings. The highest BCUT2D eigenvalue weighted by molar-refractivity contribution is 6.31. The lowest BCUT2D eigenvalue weighted by Gasteiger charge is -2.27. The van der Waals surface area contributed by atoms with Gasteiger partial charge in [-0.15, -0.1) is 0 Å². The third-order valence-electron chi connectivity index (χ3n) is 3.78. The number of carbonyl (C=O) groups is 1. The number of hydrogen-bond donors (Lipinski definition) is 2. The molecule has 1 fully saturated rings. The van der Waals surface area contributed by atoms with Gasteiger partial charge in [-0.2, -0.15) is 13.2 Å². The van der Waals surface area contributed by atoms with Gasteiger partial charge in [0.1, 0.15) is 5.75 Å². The van der Waals surface area contributed by atoms with Gasteiger partial charge in [0.15, 0.2) is 5.41 Å². The Bertz CT molecular complexity index is 544. The Balaban J connectivity index is 2.21. The molecule has 0 aliphatic carbocycles. The van der Waals surface area contributed by atoms with Gasteiger partial charge in [0.2, 0.25) is 0 Å². The van der Waals surface area contributed by atoms with Crippen LogP contribution in [0.3, 0.4) is 0 Å². The van der Waals surface area contributed by atoms with Crippen LogP contribution >= 0.6 is 11.6 Å². The van der Waals surface area contributed by atoms with Crippen molar-refractivity contribution in [3.05, 3.63) is 28.8 Å². The third-order valence-corrected chi connectivity index (χ3v) is 4.13. The number of halogens is 4. The van der Waals surface area contributed by atoms with Crippen LogP contribution in [0.15, 0.2) is 18.2 Å². The zero-order chi connectivity index (χ0) is 15.8. The highest BCUT2D eigenvalue weighted by Crippen LogP contribution is 2.46. The Labute approximate surface area is 123 Å². The molecule has 116 valence electrons. The Morgan fingerprint density at radius 2 is 2.10 bits per heavy atom. The molecule has 1 heterocycles. The summed E-state index contributed by atoms with van der Waals surface area (Å²) in [6.45, 7) is -0.719. The van der Waals surface area contributed by atoms with Crippen molar-refractivity contribution in [2.24, 2.45) is 5.41 Å². The lowest BCUT2D eigenvalue weighted by Crippen LogP contribution is -2.47. The van der Waals surface area contributed by atoms with Crippen LogP contribution in [0.25, 0.3) is 0 Å². The van der Waals surface area contributed by atoms with E-state index in [1.165, 1.54) is 23.1 Å². The number of rotatable bonds is 3. The maximum absolute atomic E-state index is 13.1. The van der Waals surface area contributed by atoms with Crippen LogP contribution in [0.4, 0.5) is 13.2 Å². The first kappa shape index (κ1) is 15.9. The number of benzene rings is 1. The molecule has 8 heteroatoms. The minimum atomic E-state index is -4.82. The SMILES string of the molecule is O=C(O)C1(C(F)(F)F)CCN(Cc2c(O)cccc2Cl)C1. The highest BCUT2D eigenvalue weighted by atomic mass is 35.5. The van der Waals surface area contributed by atoms with Crippen molar-refractivity contribution in [3.63, 3.8) is 0 Å². The molecule has 1 saturated heterocycles. The minimum Gasteiger partial charge on any atom is -0.508 e. The second-order valence-electron chi connectivity index (χ2n) is 5.08. The Morgan fingerprint density at radius 1 is 1.43 bits per heavy atom. The maximum Gasteiger partial charge on any atom is 0.406 e. The molecular formula is C13H13ClF3NO3. The molecule has 2 rings (SSSR count). The molecule has 1 aromatic carbocycles. The first-order valence-corrected chi connectivity index (χ1v) is 6.54. The van der Waals surface area contributed by atoms with Crippen molar-refractivity contribution < 1.29 is 28.2 Å². The molecule has 0 spiro atoms. The first-order valence-electron chi connectivity index (χ1n) is 6.16. The fraction of sp³-hybridized carbons (Fsp3) is 0.462. The summed E-state index contributed by atoms with van der Waals surface area (Å²) < 4.78 is 39.2. The average molecular weight is 324 g/mol.